The molecule has 1 saturated heterocycles. The fourth-order valence-electron chi connectivity index (χ4n) is 3.17. The summed E-state index contributed by atoms with van der Waals surface area (Å²) in [5, 5.41) is 0. The molecule has 1 aliphatic heterocycles. The Balaban J connectivity index is 1.88. The summed E-state index contributed by atoms with van der Waals surface area (Å²) in [6, 6.07) is 8.60. The maximum atomic E-state index is 12.5. The Labute approximate surface area is 133 Å². The average Bonchev–Trinajstić information content (AvgIpc) is 3.19. The molecule has 0 radical (unpaired) electrons. The van der Waals surface area contributed by atoms with Crippen LogP contribution in [0.5, 0.6) is 0 Å². The van der Waals surface area contributed by atoms with Crippen molar-refractivity contribution in [2.24, 2.45) is 0 Å². The molecule has 3 heteroatoms. The lowest BCUT2D eigenvalue weighted by Crippen LogP contribution is -2.36. The molecule has 2 aliphatic rings. The van der Waals surface area contributed by atoms with Gasteiger partial charge >= 0.3 is 6.09 Å². The van der Waals surface area contributed by atoms with E-state index in [2.05, 4.69) is 30.8 Å². The highest BCUT2D eigenvalue weighted by Gasteiger charge is 2.37. The molecular weight excluding hydrogens is 274 g/mol. The summed E-state index contributed by atoms with van der Waals surface area (Å²) >= 11 is 0. The van der Waals surface area contributed by atoms with Gasteiger partial charge in [0.05, 0.1) is 6.04 Å². The number of rotatable bonds is 2. The molecule has 1 saturated carbocycles. The van der Waals surface area contributed by atoms with Crippen molar-refractivity contribution in [1.29, 1.82) is 0 Å². The van der Waals surface area contributed by atoms with Crippen molar-refractivity contribution in [3.63, 3.8) is 0 Å². The molecule has 1 atom stereocenters. The maximum absolute atomic E-state index is 12.5. The Morgan fingerprint density at radius 1 is 1.23 bits per heavy atom. The van der Waals surface area contributed by atoms with Crippen molar-refractivity contribution >= 4 is 6.09 Å². The molecule has 3 nitrogen and oxygen atoms in total. The second-order valence-electron chi connectivity index (χ2n) is 7.48. The number of amides is 1. The van der Waals surface area contributed by atoms with E-state index in [0.717, 1.165) is 12.0 Å². The fraction of sp³-hybridized carbons (Fsp3) is 0.526. The zero-order chi connectivity index (χ0) is 15.9. The van der Waals surface area contributed by atoms with E-state index in [1.165, 1.54) is 24.0 Å². The normalized spacial score (nSPS) is 22.0. The molecule has 1 heterocycles. The van der Waals surface area contributed by atoms with Gasteiger partial charge < -0.3 is 4.74 Å². The summed E-state index contributed by atoms with van der Waals surface area (Å²) in [6.45, 7) is 10.4. The number of benzene rings is 1. The highest BCUT2D eigenvalue weighted by molar-refractivity contribution is 5.70. The van der Waals surface area contributed by atoms with Crippen molar-refractivity contribution in [3.05, 3.63) is 47.5 Å². The van der Waals surface area contributed by atoms with E-state index < -0.39 is 5.60 Å². The van der Waals surface area contributed by atoms with Crippen molar-refractivity contribution in [2.45, 2.75) is 57.6 Å². The number of carbonyl (C=O) groups is 1. The smallest absolute Gasteiger partial charge is 0.411 e. The molecule has 0 N–H and O–H groups in total. The Kier molecular flexibility index (Phi) is 3.75. The molecule has 1 aromatic carbocycles. The minimum Gasteiger partial charge on any atom is -0.444 e. The van der Waals surface area contributed by atoms with Crippen LogP contribution < -0.4 is 0 Å². The van der Waals surface area contributed by atoms with Crippen LogP contribution in [0.25, 0.3) is 0 Å². The van der Waals surface area contributed by atoms with Crippen molar-refractivity contribution < 1.29 is 9.53 Å². The topological polar surface area (TPSA) is 29.5 Å². The zero-order valence-electron chi connectivity index (χ0n) is 13.8. The molecule has 1 aromatic rings. The van der Waals surface area contributed by atoms with Gasteiger partial charge in [0.2, 0.25) is 0 Å². The van der Waals surface area contributed by atoms with Crippen LogP contribution in [0.15, 0.2) is 36.4 Å². The van der Waals surface area contributed by atoms with Gasteiger partial charge in [-0.25, -0.2) is 4.79 Å². The molecule has 1 unspecified atom stereocenters. The zero-order valence-corrected chi connectivity index (χ0v) is 13.8. The van der Waals surface area contributed by atoms with Crippen LogP contribution in [0, 0.1) is 0 Å². The van der Waals surface area contributed by atoms with Gasteiger partial charge in [-0.2, -0.15) is 0 Å². The molecule has 3 rings (SSSR count). The molecule has 1 amide bonds. The summed E-state index contributed by atoms with van der Waals surface area (Å²) in [7, 11) is 0. The summed E-state index contributed by atoms with van der Waals surface area (Å²) in [4.78, 5) is 14.4. The fourth-order valence-corrected chi connectivity index (χ4v) is 3.17. The summed E-state index contributed by atoms with van der Waals surface area (Å²) in [6.07, 6.45) is 3.12. The van der Waals surface area contributed by atoms with Crippen LogP contribution in [0.3, 0.4) is 0 Å². The van der Waals surface area contributed by atoms with Crippen LogP contribution in [0.1, 0.15) is 63.1 Å². The highest BCUT2D eigenvalue weighted by Crippen LogP contribution is 2.46. The number of likely N-dealkylation sites (tertiary alicyclic amines) is 1. The van der Waals surface area contributed by atoms with Gasteiger partial charge in [-0.1, -0.05) is 36.4 Å². The first kappa shape index (κ1) is 15.1. The first-order chi connectivity index (χ1) is 10.3. The molecular formula is C19H25NO2. The van der Waals surface area contributed by atoms with Gasteiger partial charge in [0.1, 0.15) is 5.60 Å². The standard InChI is InChI=1S/C19H25NO2/c1-13-11-17(20(12-13)18(21)22-19(2,3)4)16-8-6-5-7-15(16)14-9-10-14/h5-8,14,17H,1,9-12H2,2-4H3. The number of nitrogens with zero attached hydrogens (tertiary/aromatic N) is 1. The van der Waals surface area contributed by atoms with Gasteiger partial charge in [-0.05, 0) is 57.1 Å². The Hall–Kier alpha value is -1.77. The van der Waals surface area contributed by atoms with E-state index in [4.69, 9.17) is 4.74 Å². The lowest BCUT2D eigenvalue weighted by Gasteiger charge is -2.29. The van der Waals surface area contributed by atoms with E-state index >= 15 is 0 Å². The summed E-state index contributed by atoms with van der Waals surface area (Å²) in [5.74, 6) is 0.672. The quantitative estimate of drug-likeness (QED) is 0.734. The van der Waals surface area contributed by atoms with Crippen LogP contribution in [0.2, 0.25) is 0 Å². The number of ether oxygens (including phenoxy) is 1. The molecule has 1 aliphatic carbocycles. The van der Waals surface area contributed by atoms with Crippen LogP contribution >= 0.6 is 0 Å². The lowest BCUT2D eigenvalue weighted by molar-refractivity contribution is 0.0227. The first-order valence-corrected chi connectivity index (χ1v) is 8.10. The molecule has 118 valence electrons. The molecule has 2 fully saturated rings. The van der Waals surface area contributed by atoms with Gasteiger partial charge in [0.25, 0.3) is 0 Å². The van der Waals surface area contributed by atoms with E-state index in [1.807, 2.05) is 25.7 Å². The van der Waals surface area contributed by atoms with Crippen molar-refractivity contribution in [3.8, 4) is 0 Å². The molecule has 22 heavy (non-hydrogen) atoms. The molecule has 0 aromatic heterocycles. The van der Waals surface area contributed by atoms with E-state index in [0.29, 0.717) is 12.5 Å². The average molecular weight is 299 g/mol. The minimum absolute atomic E-state index is 0.0687. The maximum Gasteiger partial charge on any atom is 0.411 e. The Morgan fingerprint density at radius 2 is 1.86 bits per heavy atom. The van der Waals surface area contributed by atoms with E-state index in [9.17, 15) is 4.79 Å². The largest absolute Gasteiger partial charge is 0.444 e. The monoisotopic (exact) mass is 299 g/mol. The number of hydrogen-bond donors (Lipinski definition) is 0. The van der Waals surface area contributed by atoms with Crippen molar-refractivity contribution in [2.75, 3.05) is 6.54 Å². The van der Waals surface area contributed by atoms with E-state index in [1.54, 1.807) is 0 Å². The predicted octanol–water partition coefficient (Wildman–Crippen LogP) is 4.80. The summed E-state index contributed by atoms with van der Waals surface area (Å²) in [5.41, 5.74) is 3.30. The van der Waals surface area contributed by atoms with Crippen LogP contribution in [0.4, 0.5) is 4.79 Å². The predicted molar refractivity (Wildman–Crippen MR) is 87.9 cm³/mol. The van der Waals surface area contributed by atoms with Gasteiger partial charge in [-0.15, -0.1) is 0 Å². The Bertz CT molecular complexity index is 596. The lowest BCUT2D eigenvalue weighted by atomic mass is 9.95. The first-order valence-electron chi connectivity index (χ1n) is 8.10. The second kappa shape index (κ2) is 5.45. The van der Waals surface area contributed by atoms with Gasteiger partial charge in [0, 0.05) is 6.54 Å². The third-order valence-corrected chi connectivity index (χ3v) is 4.25. The Morgan fingerprint density at radius 3 is 2.45 bits per heavy atom. The molecule has 0 spiro atoms. The third-order valence-electron chi connectivity index (χ3n) is 4.25. The van der Waals surface area contributed by atoms with E-state index in [-0.39, 0.29) is 12.1 Å². The van der Waals surface area contributed by atoms with Gasteiger partial charge in [-0.3, -0.25) is 4.90 Å². The molecule has 0 bridgehead atoms. The number of carbonyl (C=O) groups excluding carboxylic acids is 1. The van der Waals surface area contributed by atoms with Crippen molar-refractivity contribution in [1.82, 2.24) is 4.90 Å². The second-order valence-corrected chi connectivity index (χ2v) is 7.48. The van der Waals surface area contributed by atoms with Crippen LogP contribution in [-0.4, -0.2) is 23.1 Å². The third kappa shape index (κ3) is 3.18. The highest BCUT2D eigenvalue weighted by atomic mass is 16.6. The summed E-state index contributed by atoms with van der Waals surface area (Å²) < 4.78 is 5.58. The SMILES string of the molecule is C=C1CC(c2ccccc2C2CC2)N(C(=O)OC(C)(C)C)C1. The number of hydrogen-bond acceptors (Lipinski definition) is 2. The van der Waals surface area contributed by atoms with Crippen LogP contribution in [-0.2, 0) is 4.74 Å². The van der Waals surface area contributed by atoms with Gasteiger partial charge in [0.15, 0.2) is 0 Å². The minimum atomic E-state index is -0.471.